The van der Waals surface area contributed by atoms with Crippen LogP contribution >= 0.6 is 0 Å². The minimum Gasteiger partial charge on any atom is -0.477 e. The van der Waals surface area contributed by atoms with Gasteiger partial charge < -0.3 is 15.7 Å². The van der Waals surface area contributed by atoms with Crippen molar-refractivity contribution in [2.75, 3.05) is 6.61 Å². The molecule has 0 radical (unpaired) electrons. The number of hydrogen-bond donors (Lipinski definition) is 2. The summed E-state index contributed by atoms with van der Waals surface area (Å²) in [5.74, 6) is 1.31. The van der Waals surface area contributed by atoms with Crippen LogP contribution in [0.25, 0.3) is 0 Å². The van der Waals surface area contributed by atoms with E-state index in [0.29, 0.717) is 17.4 Å². The predicted molar refractivity (Wildman–Crippen MR) is 64.2 cm³/mol. The highest BCUT2D eigenvalue weighted by Gasteiger charge is 2.15. The maximum atomic E-state index is 8.51. The van der Waals surface area contributed by atoms with E-state index in [0.717, 1.165) is 6.61 Å². The second kappa shape index (κ2) is 5.52. The summed E-state index contributed by atoms with van der Waals surface area (Å²) in [5, 5.41) is 11.4. The molecule has 0 unspecified atom stereocenters. The minimum atomic E-state index is 0.0554. The predicted octanol–water partition coefficient (Wildman–Crippen LogP) is 1.75. The van der Waals surface area contributed by atoms with Crippen LogP contribution in [0.15, 0.2) is 23.5 Å². The summed E-state index contributed by atoms with van der Waals surface area (Å²) in [6.07, 6.45) is 6.66. The molecule has 5 heteroatoms. The Bertz CT molecular complexity index is 383. The Hall–Kier alpha value is -1.78. The Morgan fingerprint density at radius 3 is 2.82 bits per heavy atom. The van der Waals surface area contributed by atoms with Crippen LogP contribution in [0.4, 0.5) is 0 Å². The summed E-state index contributed by atoms with van der Waals surface area (Å²) in [4.78, 5) is 4.11. The van der Waals surface area contributed by atoms with Gasteiger partial charge in [-0.1, -0.05) is 18.0 Å². The molecule has 0 bridgehead atoms. The number of nitrogens with zero attached hydrogens (tertiary/aromatic N) is 2. The number of amidine groups is 1. The van der Waals surface area contributed by atoms with Gasteiger partial charge in [-0.05, 0) is 24.8 Å². The largest absolute Gasteiger partial charge is 0.477 e. The molecule has 0 aromatic carbocycles. The first-order valence-electron chi connectivity index (χ1n) is 5.86. The van der Waals surface area contributed by atoms with Gasteiger partial charge in [-0.3, -0.25) is 0 Å². The van der Waals surface area contributed by atoms with Gasteiger partial charge in [-0.15, -0.1) is 0 Å². The van der Waals surface area contributed by atoms with E-state index in [1.807, 2.05) is 0 Å². The van der Waals surface area contributed by atoms with Crippen molar-refractivity contribution in [1.82, 2.24) is 4.98 Å². The molecule has 0 atom stereocenters. The summed E-state index contributed by atoms with van der Waals surface area (Å²) in [7, 11) is 0. The molecule has 3 N–H and O–H groups in total. The van der Waals surface area contributed by atoms with Gasteiger partial charge in [0.25, 0.3) is 0 Å². The second-order valence-corrected chi connectivity index (χ2v) is 4.33. The van der Waals surface area contributed by atoms with Gasteiger partial charge in [0, 0.05) is 17.8 Å². The van der Waals surface area contributed by atoms with Gasteiger partial charge in [0.1, 0.15) is 0 Å². The van der Waals surface area contributed by atoms with Crippen LogP contribution in [-0.2, 0) is 0 Å². The van der Waals surface area contributed by atoms with Gasteiger partial charge >= 0.3 is 0 Å². The molecule has 1 aliphatic rings. The number of aromatic nitrogens is 1. The number of ether oxygens (including phenoxy) is 1. The topological polar surface area (TPSA) is 80.7 Å². The molecule has 0 amide bonds. The molecule has 1 saturated carbocycles. The Kier molecular flexibility index (Phi) is 3.80. The highest BCUT2D eigenvalue weighted by Crippen LogP contribution is 2.25. The van der Waals surface area contributed by atoms with E-state index >= 15 is 0 Å². The lowest BCUT2D eigenvalue weighted by molar-refractivity contribution is 0.243. The molecule has 0 spiro atoms. The van der Waals surface area contributed by atoms with Gasteiger partial charge in [0.2, 0.25) is 5.88 Å². The highest BCUT2D eigenvalue weighted by atomic mass is 16.5. The monoisotopic (exact) mass is 235 g/mol. The van der Waals surface area contributed by atoms with Crippen molar-refractivity contribution in [2.24, 2.45) is 16.8 Å². The molecule has 1 aromatic rings. The smallest absolute Gasteiger partial charge is 0.213 e. The fraction of sp³-hybridized carbons (Fsp3) is 0.500. The third-order valence-electron chi connectivity index (χ3n) is 3.08. The van der Waals surface area contributed by atoms with Crippen molar-refractivity contribution in [3.63, 3.8) is 0 Å². The third kappa shape index (κ3) is 3.09. The zero-order chi connectivity index (χ0) is 12.1. The fourth-order valence-corrected chi connectivity index (χ4v) is 2.06. The first-order chi connectivity index (χ1) is 8.29. The van der Waals surface area contributed by atoms with E-state index in [1.165, 1.54) is 25.7 Å². The van der Waals surface area contributed by atoms with Crippen LogP contribution in [0.1, 0.15) is 31.2 Å². The van der Waals surface area contributed by atoms with Crippen molar-refractivity contribution in [1.29, 1.82) is 0 Å². The van der Waals surface area contributed by atoms with Crippen molar-refractivity contribution in [3.8, 4) is 5.88 Å². The molecule has 0 saturated heterocycles. The summed E-state index contributed by atoms with van der Waals surface area (Å²) >= 11 is 0. The molecule has 0 aliphatic heterocycles. The number of oxime groups is 1. The van der Waals surface area contributed by atoms with Crippen molar-refractivity contribution >= 4 is 5.84 Å². The lowest BCUT2D eigenvalue weighted by atomic mass is 10.1. The SMILES string of the molecule is NC(=NO)c1ccc(OCC2CCCC2)nc1. The number of rotatable bonds is 4. The highest BCUT2D eigenvalue weighted by molar-refractivity contribution is 5.96. The van der Waals surface area contributed by atoms with Gasteiger partial charge in [0.15, 0.2) is 5.84 Å². The quantitative estimate of drug-likeness (QED) is 0.360. The average Bonchev–Trinajstić information content (AvgIpc) is 2.89. The van der Waals surface area contributed by atoms with Crippen LogP contribution in [0, 0.1) is 5.92 Å². The Morgan fingerprint density at radius 1 is 1.47 bits per heavy atom. The zero-order valence-corrected chi connectivity index (χ0v) is 9.67. The van der Waals surface area contributed by atoms with Gasteiger partial charge in [0.05, 0.1) is 6.61 Å². The standard InChI is InChI=1S/C12H17N3O2/c13-12(15-16)10-5-6-11(14-7-10)17-8-9-3-1-2-4-9/h5-7,9,16H,1-4,8H2,(H2,13,15). The van der Waals surface area contributed by atoms with Gasteiger partial charge in [-0.25, -0.2) is 4.98 Å². The Morgan fingerprint density at radius 2 is 2.24 bits per heavy atom. The van der Waals surface area contributed by atoms with Crippen LogP contribution in [-0.4, -0.2) is 22.6 Å². The van der Waals surface area contributed by atoms with E-state index in [9.17, 15) is 0 Å². The van der Waals surface area contributed by atoms with Crippen molar-refractivity contribution in [3.05, 3.63) is 23.9 Å². The molecule has 92 valence electrons. The Balaban J connectivity index is 1.89. The molecular formula is C12H17N3O2. The second-order valence-electron chi connectivity index (χ2n) is 4.33. The first kappa shape index (κ1) is 11.7. The third-order valence-corrected chi connectivity index (χ3v) is 3.08. The molecule has 1 aliphatic carbocycles. The summed E-state index contributed by atoms with van der Waals surface area (Å²) in [6.45, 7) is 0.732. The summed E-state index contributed by atoms with van der Waals surface area (Å²) in [5.41, 5.74) is 6.02. The Labute approximate surface area is 100 Å². The normalized spacial score (nSPS) is 17.3. The molecule has 2 rings (SSSR count). The molecule has 1 fully saturated rings. The first-order valence-corrected chi connectivity index (χ1v) is 5.86. The number of hydrogen-bond acceptors (Lipinski definition) is 4. The fourth-order valence-electron chi connectivity index (χ4n) is 2.06. The van der Waals surface area contributed by atoms with Crippen molar-refractivity contribution in [2.45, 2.75) is 25.7 Å². The van der Waals surface area contributed by atoms with Crippen molar-refractivity contribution < 1.29 is 9.94 Å². The maximum Gasteiger partial charge on any atom is 0.213 e. The molecule has 1 heterocycles. The molecular weight excluding hydrogens is 218 g/mol. The molecule has 17 heavy (non-hydrogen) atoms. The van der Waals surface area contributed by atoms with Crippen LogP contribution < -0.4 is 10.5 Å². The van der Waals surface area contributed by atoms with E-state index in [1.54, 1.807) is 18.3 Å². The maximum absolute atomic E-state index is 8.51. The average molecular weight is 235 g/mol. The molecule has 1 aromatic heterocycles. The van der Waals surface area contributed by atoms with E-state index in [2.05, 4.69) is 10.1 Å². The summed E-state index contributed by atoms with van der Waals surface area (Å²) in [6, 6.07) is 3.47. The number of nitrogens with two attached hydrogens (primary N) is 1. The molecule has 5 nitrogen and oxygen atoms in total. The van der Waals surface area contributed by atoms with E-state index < -0.39 is 0 Å². The lowest BCUT2D eigenvalue weighted by Gasteiger charge is -2.10. The van der Waals surface area contributed by atoms with Gasteiger partial charge in [-0.2, -0.15) is 0 Å². The van der Waals surface area contributed by atoms with E-state index in [4.69, 9.17) is 15.7 Å². The summed E-state index contributed by atoms with van der Waals surface area (Å²) < 4.78 is 5.60. The van der Waals surface area contributed by atoms with Crippen LogP contribution in [0.2, 0.25) is 0 Å². The lowest BCUT2D eigenvalue weighted by Crippen LogP contribution is -2.14. The number of pyridine rings is 1. The van der Waals surface area contributed by atoms with Crippen LogP contribution in [0.3, 0.4) is 0 Å². The van der Waals surface area contributed by atoms with E-state index in [-0.39, 0.29) is 5.84 Å². The van der Waals surface area contributed by atoms with Crippen LogP contribution in [0.5, 0.6) is 5.88 Å². The zero-order valence-electron chi connectivity index (χ0n) is 9.67. The minimum absolute atomic E-state index is 0.0554.